The van der Waals surface area contributed by atoms with E-state index in [9.17, 15) is 13.2 Å². The van der Waals surface area contributed by atoms with Crippen LogP contribution in [0.3, 0.4) is 0 Å². The van der Waals surface area contributed by atoms with Gasteiger partial charge in [0.05, 0.1) is 6.54 Å². The molecule has 34 heavy (non-hydrogen) atoms. The predicted molar refractivity (Wildman–Crippen MR) is 122 cm³/mol. The normalized spacial score (nSPS) is 15.4. The van der Waals surface area contributed by atoms with Crippen LogP contribution in [0.2, 0.25) is 0 Å². The molecular weight excluding hydrogens is 441 g/mol. The minimum absolute atomic E-state index is 0.269. The van der Waals surface area contributed by atoms with Gasteiger partial charge in [0.25, 0.3) is 0 Å². The maximum absolute atomic E-state index is 15.0. The molecule has 3 aromatic carbocycles. The van der Waals surface area contributed by atoms with Gasteiger partial charge in [-0.1, -0.05) is 30.3 Å². The van der Waals surface area contributed by atoms with E-state index in [4.69, 9.17) is 0 Å². The third kappa shape index (κ3) is 4.65. The van der Waals surface area contributed by atoms with E-state index in [-0.39, 0.29) is 17.5 Å². The summed E-state index contributed by atoms with van der Waals surface area (Å²) in [6.07, 6.45) is 0. The smallest absolute Gasteiger partial charge is 0.173 e. The molecule has 174 valence electrons. The van der Waals surface area contributed by atoms with Crippen LogP contribution in [0.5, 0.6) is 0 Å². The molecule has 0 spiro atoms. The molecule has 1 aliphatic heterocycles. The van der Waals surface area contributed by atoms with Crippen molar-refractivity contribution in [2.45, 2.75) is 12.6 Å². The highest BCUT2D eigenvalue weighted by atomic mass is 19.1. The number of hydrogen-bond donors (Lipinski definition) is 0. The van der Waals surface area contributed by atoms with Gasteiger partial charge in [0.2, 0.25) is 0 Å². The summed E-state index contributed by atoms with van der Waals surface area (Å²) in [5.41, 5.74) is 2.28. The Balaban J connectivity index is 1.43. The van der Waals surface area contributed by atoms with Crippen LogP contribution in [0.4, 0.5) is 18.9 Å². The van der Waals surface area contributed by atoms with E-state index in [1.807, 2.05) is 0 Å². The molecule has 0 bridgehead atoms. The summed E-state index contributed by atoms with van der Waals surface area (Å²) in [5.74, 6) is -0.395. The quantitative estimate of drug-likeness (QED) is 0.431. The molecule has 1 aliphatic rings. The molecule has 0 aliphatic carbocycles. The molecule has 0 unspecified atom stereocenters. The number of rotatable bonds is 6. The SMILES string of the molecule is Fc1ccc(Cn2nnnc2[C@@H](c2ccccc2F)N2CCN(c3ccc(F)cc3)CC2)cc1. The maximum atomic E-state index is 15.0. The van der Waals surface area contributed by atoms with Gasteiger partial charge in [-0.05, 0) is 58.5 Å². The second kappa shape index (κ2) is 9.64. The van der Waals surface area contributed by atoms with Crippen molar-refractivity contribution in [3.8, 4) is 0 Å². The second-order valence-corrected chi connectivity index (χ2v) is 8.24. The molecule has 0 radical (unpaired) electrons. The Labute approximate surface area is 195 Å². The van der Waals surface area contributed by atoms with Crippen LogP contribution in [0.1, 0.15) is 23.0 Å². The molecule has 2 heterocycles. The van der Waals surface area contributed by atoms with Crippen molar-refractivity contribution in [1.82, 2.24) is 25.1 Å². The molecule has 4 aromatic rings. The van der Waals surface area contributed by atoms with E-state index >= 15 is 0 Å². The summed E-state index contributed by atoms with van der Waals surface area (Å²) in [6, 6.07) is 18.7. The van der Waals surface area contributed by atoms with Gasteiger partial charge in [0.15, 0.2) is 5.82 Å². The number of tetrazole rings is 1. The molecule has 0 N–H and O–H groups in total. The second-order valence-electron chi connectivity index (χ2n) is 8.24. The summed E-state index contributed by atoms with van der Waals surface area (Å²) < 4.78 is 43.3. The molecule has 0 amide bonds. The number of hydrogen-bond acceptors (Lipinski definition) is 5. The van der Waals surface area contributed by atoms with E-state index in [0.717, 1.165) is 11.3 Å². The van der Waals surface area contributed by atoms with E-state index in [1.54, 1.807) is 47.1 Å². The van der Waals surface area contributed by atoms with E-state index < -0.39 is 6.04 Å². The van der Waals surface area contributed by atoms with Gasteiger partial charge in [-0.3, -0.25) is 4.90 Å². The first-order valence-electron chi connectivity index (χ1n) is 11.1. The highest BCUT2D eigenvalue weighted by Gasteiger charge is 2.32. The lowest BCUT2D eigenvalue weighted by Crippen LogP contribution is -2.48. The lowest BCUT2D eigenvalue weighted by Gasteiger charge is -2.40. The number of nitrogens with zero attached hydrogens (tertiary/aromatic N) is 6. The van der Waals surface area contributed by atoms with Gasteiger partial charge in [-0.2, -0.15) is 0 Å². The molecule has 5 rings (SSSR count). The molecule has 1 saturated heterocycles. The van der Waals surface area contributed by atoms with Crippen LogP contribution in [0, 0.1) is 17.5 Å². The van der Waals surface area contributed by atoms with Gasteiger partial charge in [0, 0.05) is 37.4 Å². The number of aromatic nitrogens is 4. The standard InChI is InChI=1S/C25H23F3N6/c26-19-7-5-18(6-8-19)17-34-25(29-30-31-34)24(22-3-1-2-4-23(22)28)33-15-13-32(14-16-33)21-11-9-20(27)10-12-21/h1-12,24H,13-17H2/t24-/m1/s1. The number of anilines is 1. The number of piperazine rings is 1. The van der Waals surface area contributed by atoms with Crippen molar-refractivity contribution in [3.63, 3.8) is 0 Å². The van der Waals surface area contributed by atoms with E-state index in [2.05, 4.69) is 25.3 Å². The Hall–Kier alpha value is -3.72. The zero-order chi connectivity index (χ0) is 23.5. The third-order valence-corrected chi connectivity index (χ3v) is 6.12. The van der Waals surface area contributed by atoms with Crippen LogP contribution in [0.15, 0.2) is 72.8 Å². The van der Waals surface area contributed by atoms with Gasteiger partial charge in [-0.25, -0.2) is 17.9 Å². The van der Waals surface area contributed by atoms with Gasteiger partial charge >= 0.3 is 0 Å². The minimum atomic E-state index is -0.494. The largest absolute Gasteiger partial charge is 0.369 e. The van der Waals surface area contributed by atoms with Crippen LogP contribution in [0.25, 0.3) is 0 Å². The summed E-state index contributed by atoms with van der Waals surface area (Å²) in [5, 5.41) is 12.3. The Morgan fingerprint density at radius 3 is 2.09 bits per heavy atom. The first kappa shape index (κ1) is 22.1. The maximum Gasteiger partial charge on any atom is 0.173 e. The molecule has 6 nitrogen and oxygen atoms in total. The molecule has 9 heteroatoms. The fourth-order valence-corrected chi connectivity index (χ4v) is 4.37. The predicted octanol–water partition coefficient (Wildman–Crippen LogP) is 4.05. The van der Waals surface area contributed by atoms with Crippen molar-refractivity contribution in [3.05, 3.63) is 107 Å². The topological polar surface area (TPSA) is 50.1 Å². The summed E-state index contributed by atoms with van der Waals surface area (Å²) in [4.78, 5) is 4.33. The first-order chi connectivity index (χ1) is 16.6. The van der Waals surface area contributed by atoms with Crippen LogP contribution < -0.4 is 4.90 Å². The van der Waals surface area contributed by atoms with Crippen LogP contribution >= 0.6 is 0 Å². The van der Waals surface area contributed by atoms with Crippen molar-refractivity contribution >= 4 is 5.69 Å². The van der Waals surface area contributed by atoms with Gasteiger partial charge < -0.3 is 4.90 Å². The average Bonchev–Trinajstić information content (AvgIpc) is 3.30. The molecule has 0 saturated carbocycles. The van der Waals surface area contributed by atoms with Crippen LogP contribution in [-0.4, -0.2) is 51.3 Å². The monoisotopic (exact) mass is 464 g/mol. The fourth-order valence-electron chi connectivity index (χ4n) is 4.37. The van der Waals surface area contributed by atoms with Crippen molar-refractivity contribution in [2.24, 2.45) is 0 Å². The summed E-state index contributed by atoms with van der Waals surface area (Å²) >= 11 is 0. The Morgan fingerprint density at radius 1 is 0.765 bits per heavy atom. The summed E-state index contributed by atoms with van der Waals surface area (Å²) in [7, 11) is 0. The Kier molecular flexibility index (Phi) is 6.27. The lowest BCUT2D eigenvalue weighted by atomic mass is 10.0. The molecular formula is C25H23F3N6. The number of halogens is 3. The van der Waals surface area contributed by atoms with Gasteiger partial charge in [0.1, 0.15) is 23.5 Å². The summed E-state index contributed by atoms with van der Waals surface area (Å²) in [6.45, 7) is 2.99. The fraction of sp³-hybridized carbons (Fsp3) is 0.240. The highest BCUT2D eigenvalue weighted by molar-refractivity contribution is 5.46. The number of benzene rings is 3. The van der Waals surface area contributed by atoms with Crippen LogP contribution in [-0.2, 0) is 6.54 Å². The van der Waals surface area contributed by atoms with E-state index in [0.29, 0.717) is 44.1 Å². The minimum Gasteiger partial charge on any atom is -0.369 e. The lowest BCUT2D eigenvalue weighted by molar-refractivity contribution is 0.198. The van der Waals surface area contributed by atoms with E-state index in [1.165, 1.54) is 30.3 Å². The van der Waals surface area contributed by atoms with Crippen molar-refractivity contribution in [2.75, 3.05) is 31.1 Å². The highest BCUT2D eigenvalue weighted by Crippen LogP contribution is 2.31. The van der Waals surface area contributed by atoms with Gasteiger partial charge in [-0.15, -0.1) is 5.10 Å². The molecule has 1 fully saturated rings. The third-order valence-electron chi connectivity index (χ3n) is 6.12. The average molecular weight is 464 g/mol. The zero-order valence-corrected chi connectivity index (χ0v) is 18.4. The Morgan fingerprint density at radius 2 is 1.41 bits per heavy atom. The first-order valence-corrected chi connectivity index (χ1v) is 11.1. The molecule has 1 atom stereocenters. The molecule has 1 aromatic heterocycles. The van der Waals surface area contributed by atoms with Crippen molar-refractivity contribution < 1.29 is 13.2 Å². The van der Waals surface area contributed by atoms with Crippen molar-refractivity contribution in [1.29, 1.82) is 0 Å². The zero-order valence-electron chi connectivity index (χ0n) is 18.4. The Bertz CT molecular complexity index is 1230.